The average molecular weight is 275 g/mol. The van der Waals surface area contributed by atoms with Crippen LogP contribution in [-0.4, -0.2) is 38.7 Å². The lowest BCUT2D eigenvalue weighted by Crippen LogP contribution is -2.35. The second-order valence-electron chi connectivity index (χ2n) is 4.08. The van der Waals surface area contributed by atoms with Gasteiger partial charge in [-0.15, -0.1) is 0 Å². The molecule has 0 fully saturated rings. The average Bonchev–Trinajstić information content (AvgIpc) is 2.84. The van der Waals surface area contributed by atoms with Gasteiger partial charge < -0.3 is 9.15 Å². The zero-order chi connectivity index (χ0) is 13.4. The van der Waals surface area contributed by atoms with E-state index in [2.05, 4.69) is 0 Å². The van der Waals surface area contributed by atoms with Crippen LogP contribution in [0.2, 0.25) is 0 Å². The minimum absolute atomic E-state index is 0.175. The first-order chi connectivity index (χ1) is 8.60. The van der Waals surface area contributed by atoms with Gasteiger partial charge in [-0.3, -0.25) is 0 Å². The second-order valence-corrected chi connectivity index (χ2v) is 6.16. The molecule has 0 saturated carbocycles. The van der Waals surface area contributed by atoms with Gasteiger partial charge in [-0.1, -0.05) is 13.3 Å². The van der Waals surface area contributed by atoms with Gasteiger partial charge in [0.15, 0.2) is 0 Å². The molecule has 0 unspecified atom stereocenters. The number of ether oxygens (including phenoxy) is 1. The zero-order valence-corrected chi connectivity index (χ0v) is 11.8. The minimum atomic E-state index is -3.24. The first-order valence-electron chi connectivity index (χ1n) is 6.09. The molecule has 0 aliphatic rings. The Morgan fingerprint density at radius 2 is 2.22 bits per heavy atom. The lowest BCUT2D eigenvalue weighted by molar-refractivity contribution is 0.175. The standard InChI is InChI=1S/C12H21NO4S/c1-3-4-10-18(14,15)13(7-9-16-2)11-12-6-5-8-17-12/h5-6,8H,3-4,7,9-11H2,1-2H3. The first kappa shape index (κ1) is 15.2. The van der Waals surface area contributed by atoms with Gasteiger partial charge in [-0.05, 0) is 18.6 Å². The lowest BCUT2D eigenvalue weighted by Gasteiger charge is -2.20. The Labute approximate surface area is 109 Å². The summed E-state index contributed by atoms with van der Waals surface area (Å²) in [6.07, 6.45) is 3.07. The first-order valence-corrected chi connectivity index (χ1v) is 7.70. The summed E-state index contributed by atoms with van der Waals surface area (Å²) in [4.78, 5) is 0. The molecule has 1 rings (SSSR count). The Balaban J connectivity index is 2.70. The number of hydrogen-bond donors (Lipinski definition) is 0. The molecule has 0 saturated heterocycles. The van der Waals surface area contributed by atoms with E-state index in [0.29, 0.717) is 25.3 Å². The molecule has 0 radical (unpaired) electrons. The summed E-state index contributed by atoms with van der Waals surface area (Å²) in [7, 11) is -1.68. The smallest absolute Gasteiger partial charge is 0.214 e. The number of furan rings is 1. The molecule has 1 aromatic rings. The van der Waals surface area contributed by atoms with Gasteiger partial charge in [-0.2, -0.15) is 4.31 Å². The maximum Gasteiger partial charge on any atom is 0.214 e. The van der Waals surface area contributed by atoms with Crippen molar-refractivity contribution in [2.45, 2.75) is 26.3 Å². The quantitative estimate of drug-likeness (QED) is 0.690. The monoisotopic (exact) mass is 275 g/mol. The van der Waals surface area contributed by atoms with Crippen molar-refractivity contribution in [3.05, 3.63) is 24.2 Å². The van der Waals surface area contributed by atoms with E-state index in [1.807, 2.05) is 6.92 Å². The molecule has 6 heteroatoms. The van der Waals surface area contributed by atoms with Crippen LogP contribution in [0.1, 0.15) is 25.5 Å². The van der Waals surface area contributed by atoms with E-state index in [1.165, 1.54) is 4.31 Å². The highest BCUT2D eigenvalue weighted by atomic mass is 32.2. The van der Waals surface area contributed by atoms with E-state index in [0.717, 1.165) is 6.42 Å². The summed E-state index contributed by atoms with van der Waals surface area (Å²) in [6.45, 7) is 2.97. The van der Waals surface area contributed by atoms with E-state index >= 15 is 0 Å². The van der Waals surface area contributed by atoms with Crippen LogP contribution in [0, 0.1) is 0 Å². The third-order valence-corrected chi connectivity index (χ3v) is 4.51. The largest absolute Gasteiger partial charge is 0.468 e. The van der Waals surface area contributed by atoms with Crippen LogP contribution in [-0.2, 0) is 21.3 Å². The molecule has 5 nitrogen and oxygen atoms in total. The molecule has 0 spiro atoms. The molecule has 18 heavy (non-hydrogen) atoms. The number of methoxy groups -OCH3 is 1. The van der Waals surface area contributed by atoms with Crippen LogP contribution in [0.3, 0.4) is 0 Å². The van der Waals surface area contributed by atoms with Gasteiger partial charge in [0.05, 0.1) is 25.2 Å². The Kier molecular flexibility index (Phi) is 6.38. The normalized spacial score (nSPS) is 12.2. The highest BCUT2D eigenvalue weighted by Crippen LogP contribution is 2.11. The molecule has 0 amide bonds. The summed E-state index contributed by atoms with van der Waals surface area (Å²) in [5.41, 5.74) is 0. The summed E-state index contributed by atoms with van der Waals surface area (Å²) >= 11 is 0. The predicted molar refractivity (Wildman–Crippen MR) is 69.7 cm³/mol. The fraction of sp³-hybridized carbons (Fsp3) is 0.667. The van der Waals surface area contributed by atoms with Crippen LogP contribution in [0.5, 0.6) is 0 Å². The summed E-state index contributed by atoms with van der Waals surface area (Å²) < 4.78 is 35.9. The fourth-order valence-electron chi connectivity index (χ4n) is 1.54. The van der Waals surface area contributed by atoms with Crippen LogP contribution in [0.15, 0.2) is 22.8 Å². The third kappa shape index (κ3) is 4.80. The van der Waals surface area contributed by atoms with Crippen molar-refractivity contribution >= 4 is 10.0 Å². The molecular formula is C12H21NO4S. The van der Waals surface area contributed by atoms with Gasteiger partial charge in [0.1, 0.15) is 5.76 Å². The molecule has 0 aromatic carbocycles. The third-order valence-electron chi connectivity index (χ3n) is 2.61. The molecule has 0 bridgehead atoms. The van der Waals surface area contributed by atoms with E-state index < -0.39 is 10.0 Å². The van der Waals surface area contributed by atoms with E-state index in [1.54, 1.807) is 25.5 Å². The van der Waals surface area contributed by atoms with Crippen molar-refractivity contribution in [2.24, 2.45) is 0 Å². The molecule has 0 aliphatic carbocycles. The maximum atomic E-state index is 12.2. The van der Waals surface area contributed by atoms with E-state index in [4.69, 9.17) is 9.15 Å². The van der Waals surface area contributed by atoms with Gasteiger partial charge in [0.25, 0.3) is 0 Å². The van der Waals surface area contributed by atoms with Crippen molar-refractivity contribution in [1.29, 1.82) is 0 Å². The van der Waals surface area contributed by atoms with Crippen molar-refractivity contribution < 1.29 is 17.6 Å². The number of hydrogen-bond acceptors (Lipinski definition) is 4. The highest BCUT2D eigenvalue weighted by Gasteiger charge is 2.22. The van der Waals surface area contributed by atoms with Crippen LogP contribution in [0.4, 0.5) is 0 Å². The Bertz CT molecular complexity index is 413. The summed E-state index contributed by atoms with van der Waals surface area (Å²) in [5.74, 6) is 0.819. The van der Waals surface area contributed by atoms with Gasteiger partial charge in [0, 0.05) is 13.7 Å². The molecule has 104 valence electrons. The Morgan fingerprint density at radius 3 is 2.78 bits per heavy atom. The van der Waals surface area contributed by atoms with Crippen LogP contribution >= 0.6 is 0 Å². The van der Waals surface area contributed by atoms with Crippen LogP contribution in [0.25, 0.3) is 0 Å². The van der Waals surface area contributed by atoms with Crippen molar-refractivity contribution in [3.63, 3.8) is 0 Å². The summed E-state index contributed by atoms with van der Waals surface area (Å²) in [5, 5.41) is 0. The molecule has 0 aliphatic heterocycles. The SMILES string of the molecule is CCCCS(=O)(=O)N(CCOC)Cc1ccco1. The van der Waals surface area contributed by atoms with Crippen molar-refractivity contribution in [1.82, 2.24) is 4.31 Å². The van der Waals surface area contributed by atoms with E-state index in [9.17, 15) is 8.42 Å². The van der Waals surface area contributed by atoms with Gasteiger partial charge in [0.2, 0.25) is 10.0 Å². The Morgan fingerprint density at radius 1 is 1.44 bits per heavy atom. The van der Waals surface area contributed by atoms with E-state index in [-0.39, 0.29) is 12.3 Å². The molecule has 1 aromatic heterocycles. The highest BCUT2D eigenvalue weighted by molar-refractivity contribution is 7.89. The number of rotatable bonds is 9. The van der Waals surface area contributed by atoms with Crippen LogP contribution < -0.4 is 0 Å². The fourth-order valence-corrected chi connectivity index (χ4v) is 3.13. The second kappa shape index (κ2) is 7.56. The maximum absolute atomic E-state index is 12.2. The summed E-state index contributed by atoms with van der Waals surface area (Å²) in [6, 6.07) is 3.53. The predicted octanol–water partition coefficient (Wildman–Crippen LogP) is 1.86. The molecule has 1 heterocycles. The lowest BCUT2D eigenvalue weighted by atomic mass is 10.4. The number of sulfonamides is 1. The molecular weight excluding hydrogens is 254 g/mol. The van der Waals surface area contributed by atoms with Crippen molar-refractivity contribution in [2.75, 3.05) is 26.0 Å². The zero-order valence-electron chi connectivity index (χ0n) is 11.0. The topological polar surface area (TPSA) is 59.8 Å². The van der Waals surface area contributed by atoms with Gasteiger partial charge in [-0.25, -0.2) is 8.42 Å². The number of nitrogens with zero attached hydrogens (tertiary/aromatic N) is 1. The number of unbranched alkanes of at least 4 members (excludes halogenated alkanes) is 1. The molecule has 0 atom stereocenters. The Hall–Kier alpha value is -0.850. The van der Waals surface area contributed by atoms with Crippen molar-refractivity contribution in [3.8, 4) is 0 Å². The van der Waals surface area contributed by atoms with Gasteiger partial charge >= 0.3 is 0 Å². The minimum Gasteiger partial charge on any atom is -0.468 e. The molecule has 0 N–H and O–H groups in total.